The first kappa shape index (κ1) is 15.0. The van der Waals surface area contributed by atoms with E-state index in [1.807, 2.05) is 6.08 Å². The largest absolute Gasteiger partial charge is 0.371 e. The fourth-order valence-corrected chi connectivity index (χ4v) is 1.84. The summed E-state index contributed by atoms with van der Waals surface area (Å²) in [6, 6.07) is 8.33. The third kappa shape index (κ3) is 5.44. The molecule has 1 aromatic rings. The predicted octanol–water partition coefficient (Wildman–Crippen LogP) is 3.53. The van der Waals surface area contributed by atoms with E-state index in [4.69, 9.17) is 0 Å². The summed E-state index contributed by atoms with van der Waals surface area (Å²) in [4.78, 5) is 13.1. The second-order valence-corrected chi connectivity index (χ2v) is 4.39. The van der Waals surface area contributed by atoms with E-state index in [1.165, 1.54) is 12.6 Å². The minimum atomic E-state index is -0.0719. The summed E-state index contributed by atoms with van der Waals surface area (Å²) >= 11 is 0. The lowest BCUT2D eigenvalue weighted by Gasteiger charge is -2.23. The van der Waals surface area contributed by atoms with Crippen molar-refractivity contribution < 1.29 is 4.79 Å². The molecule has 0 unspecified atom stereocenters. The highest BCUT2D eigenvalue weighted by atomic mass is 16.1. The molecule has 0 aromatic heterocycles. The summed E-state index contributed by atoms with van der Waals surface area (Å²) in [5.41, 5.74) is 2.31. The predicted molar refractivity (Wildman–Crippen MR) is 82.1 cm³/mol. The van der Waals surface area contributed by atoms with Crippen molar-refractivity contribution in [2.75, 3.05) is 18.0 Å². The fourth-order valence-electron chi connectivity index (χ4n) is 1.84. The van der Waals surface area contributed by atoms with Crippen LogP contribution in [0.25, 0.3) is 6.08 Å². The van der Waals surface area contributed by atoms with Gasteiger partial charge in [-0.3, -0.25) is 4.79 Å². The molecule has 0 bridgehead atoms. The smallest absolute Gasteiger partial charge is 0.202 e. The van der Waals surface area contributed by atoms with Crippen molar-refractivity contribution in [1.29, 1.82) is 0 Å². The summed E-state index contributed by atoms with van der Waals surface area (Å²) in [5.74, 6) is 5.42. The Labute approximate surface area is 116 Å². The summed E-state index contributed by atoms with van der Waals surface area (Å²) in [6.07, 6.45) is 3.64. The number of Topliss-reactive ketones (excluding diaryl/α,β-unsaturated/α-hetero) is 1. The number of ketones is 1. The number of hydrogen-bond donors (Lipinski definition) is 0. The molecule has 0 N–H and O–H groups in total. The highest BCUT2D eigenvalue weighted by Gasteiger charge is 2.04. The molecule has 0 aliphatic rings. The quantitative estimate of drug-likeness (QED) is 0.572. The lowest BCUT2D eigenvalue weighted by Crippen LogP contribution is -2.24. The van der Waals surface area contributed by atoms with Gasteiger partial charge in [0.15, 0.2) is 0 Å². The van der Waals surface area contributed by atoms with Crippen LogP contribution in [0.1, 0.15) is 32.3 Å². The van der Waals surface area contributed by atoms with E-state index in [9.17, 15) is 4.79 Å². The molecule has 2 nitrogen and oxygen atoms in total. The van der Waals surface area contributed by atoms with Crippen LogP contribution in [0.3, 0.4) is 0 Å². The first-order valence-electron chi connectivity index (χ1n) is 6.64. The van der Waals surface area contributed by atoms with Crippen LogP contribution in [-0.2, 0) is 4.79 Å². The SMILES string of the molecule is C=Cc1ccc(N(CCC)CCC#CC(C)=O)cc1. The van der Waals surface area contributed by atoms with Crippen LogP contribution in [0.4, 0.5) is 5.69 Å². The minimum absolute atomic E-state index is 0.0719. The van der Waals surface area contributed by atoms with Crippen molar-refractivity contribution in [2.45, 2.75) is 26.7 Å². The van der Waals surface area contributed by atoms with E-state index in [1.54, 1.807) is 0 Å². The first-order valence-corrected chi connectivity index (χ1v) is 6.64. The van der Waals surface area contributed by atoms with Crippen molar-refractivity contribution in [3.8, 4) is 11.8 Å². The van der Waals surface area contributed by atoms with E-state index in [-0.39, 0.29) is 5.78 Å². The van der Waals surface area contributed by atoms with Gasteiger partial charge in [-0.05, 0) is 30.0 Å². The molecule has 100 valence electrons. The van der Waals surface area contributed by atoms with Gasteiger partial charge in [-0.25, -0.2) is 0 Å². The van der Waals surface area contributed by atoms with Crippen LogP contribution in [0.5, 0.6) is 0 Å². The lowest BCUT2D eigenvalue weighted by molar-refractivity contribution is -0.111. The normalized spacial score (nSPS) is 9.37. The molecule has 2 heteroatoms. The Hall–Kier alpha value is -2.01. The number of rotatable bonds is 6. The van der Waals surface area contributed by atoms with Crippen molar-refractivity contribution >= 4 is 17.5 Å². The van der Waals surface area contributed by atoms with E-state index < -0.39 is 0 Å². The summed E-state index contributed by atoms with van der Waals surface area (Å²) in [6.45, 7) is 9.25. The Bertz CT molecular complexity index is 476. The van der Waals surface area contributed by atoms with Crippen LogP contribution in [0.2, 0.25) is 0 Å². The molecule has 0 radical (unpaired) electrons. The molecule has 0 saturated carbocycles. The zero-order chi connectivity index (χ0) is 14.1. The maximum absolute atomic E-state index is 10.8. The summed E-state index contributed by atoms with van der Waals surface area (Å²) in [5, 5.41) is 0. The summed E-state index contributed by atoms with van der Waals surface area (Å²) < 4.78 is 0. The van der Waals surface area contributed by atoms with Gasteiger partial charge in [-0.1, -0.05) is 37.6 Å². The topological polar surface area (TPSA) is 20.3 Å². The van der Waals surface area contributed by atoms with Gasteiger partial charge in [0.2, 0.25) is 5.78 Å². The number of carbonyl (C=O) groups excluding carboxylic acids is 1. The Kier molecular flexibility index (Phi) is 6.46. The maximum Gasteiger partial charge on any atom is 0.202 e. The van der Waals surface area contributed by atoms with Gasteiger partial charge in [0.1, 0.15) is 0 Å². The Morgan fingerprint density at radius 3 is 2.53 bits per heavy atom. The molecule has 19 heavy (non-hydrogen) atoms. The molecule has 0 fully saturated rings. The van der Waals surface area contributed by atoms with Crippen LogP contribution in [-0.4, -0.2) is 18.9 Å². The highest BCUT2D eigenvalue weighted by molar-refractivity contribution is 5.93. The van der Waals surface area contributed by atoms with E-state index in [0.29, 0.717) is 6.42 Å². The Morgan fingerprint density at radius 1 is 1.32 bits per heavy atom. The molecular weight excluding hydrogens is 234 g/mol. The van der Waals surface area contributed by atoms with E-state index >= 15 is 0 Å². The summed E-state index contributed by atoms with van der Waals surface area (Å²) in [7, 11) is 0. The van der Waals surface area contributed by atoms with Gasteiger partial charge >= 0.3 is 0 Å². The van der Waals surface area contributed by atoms with Crippen LogP contribution in [0.15, 0.2) is 30.8 Å². The zero-order valence-corrected chi connectivity index (χ0v) is 11.8. The van der Waals surface area contributed by atoms with E-state index in [2.05, 4.69) is 54.5 Å². The fraction of sp³-hybridized carbons (Fsp3) is 0.353. The standard InChI is InChI=1S/C17H21NO/c1-4-13-18(14-7-6-8-15(3)19)17-11-9-16(5-2)10-12-17/h5,9-12H,2,4,7,13-14H2,1,3H3. The van der Waals surface area contributed by atoms with Gasteiger partial charge in [0.25, 0.3) is 0 Å². The van der Waals surface area contributed by atoms with Crippen molar-refractivity contribution in [3.05, 3.63) is 36.4 Å². The van der Waals surface area contributed by atoms with Gasteiger partial charge in [0, 0.05) is 32.1 Å². The highest BCUT2D eigenvalue weighted by Crippen LogP contribution is 2.16. The molecule has 1 aromatic carbocycles. The van der Waals surface area contributed by atoms with Crippen LogP contribution in [0, 0.1) is 11.8 Å². The molecule has 0 aliphatic heterocycles. The second-order valence-electron chi connectivity index (χ2n) is 4.39. The molecule has 1 rings (SSSR count). The molecule has 0 atom stereocenters. The lowest BCUT2D eigenvalue weighted by atomic mass is 10.2. The minimum Gasteiger partial charge on any atom is -0.371 e. The third-order valence-corrected chi connectivity index (χ3v) is 2.76. The third-order valence-electron chi connectivity index (χ3n) is 2.76. The van der Waals surface area contributed by atoms with Crippen LogP contribution < -0.4 is 4.90 Å². The number of anilines is 1. The molecule has 0 heterocycles. The number of hydrogen-bond acceptors (Lipinski definition) is 2. The van der Waals surface area contributed by atoms with Crippen molar-refractivity contribution in [3.63, 3.8) is 0 Å². The van der Waals surface area contributed by atoms with Gasteiger partial charge in [0.05, 0.1) is 0 Å². The number of benzene rings is 1. The van der Waals surface area contributed by atoms with Gasteiger partial charge < -0.3 is 4.90 Å². The molecule has 0 spiro atoms. The van der Waals surface area contributed by atoms with Gasteiger partial charge in [-0.15, -0.1) is 0 Å². The monoisotopic (exact) mass is 255 g/mol. The average molecular weight is 255 g/mol. The average Bonchev–Trinajstić information content (AvgIpc) is 2.42. The molecule has 0 aliphatic carbocycles. The van der Waals surface area contributed by atoms with Crippen LogP contribution >= 0.6 is 0 Å². The molecule has 0 amide bonds. The maximum atomic E-state index is 10.8. The van der Waals surface area contributed by atoms with Crippen molar-refractivity contribution in [1.82, 2.24) is 0 Å². The zero-order valence-electron chi connectivity index (χ0n) is 11.8. The molecular formula is C17H21NO. The number of carbonyl (C=O) groups is 1. The van der Waals surface area contributed by atoms with Crippen molar-refractivity contribution in [2.24, 2.45) is 0 Å². The van der Waals surface area contributed by atoms with Gasteiger partial charge in [-0.2, -0.15) is 0 Å². The first-order chi connectivity index (χ1) is 9.17. The Morgan fingerprint density at radius 2 is 2.00 bits per heavy atom. The number of nitrogens with zero attached hydrogens (tertiary/aromatic N) is 1. The molecule has 0 saturated heterocycles. The van der Waals surface area contributed by atoms with E-state index in [0.717, 1.165) is 25.1 Å². The Balaban J connectivity index is 2.68. The second kappa shape index (κ2) is 8.16.